The highest BCUT2D eigenvalue weighted by Crippen LogP contribution is 2.23. The number of hydrogen-bond donors (Lipinski definition) is 0. The molecule has 0 heterocycles. The molecule has 0 N–H and O–H groups in total. The number of benzene rings is 1. The number of nitrogens with zero attached hydrogens (tertiary/aromatic N) is 1. The monoisotopic (exact) mass is 341 g/mol. The van der Waals surface area contributed by atoms with E-state index in [1.807, 2.05) is 12.1 Å². The lowest BCUT2D eigenvalue weighted by Gasteiger charge is -2.22. The molecule has 15 heavy (non-hydrogen) atoms. The van der Waals surface area contributed by atoms with E-state index in [1.54, 1.807) is 12.1 Å². The minimum Gasteiger partial charge on any atom is -0.363 e. The molecule has 0 unspecified atom stereocenters. The second-order valence-corrected chi connectivity index (χ2v) is 6.05. The predicted octanol–water partition coefficient (Wildman–Crippen LogP) is 1.66. The van der Waals surface area contributed by atoms with E-state index >= 15 is 0 Å². The fraction of sp³-hybridized carbons (Fsp3) is 0.333. The zero-order chi connectivity index (χ0) is 11.5. The number of hydrogen-bond acceptors (Lipinski definition) is 3. The fourth-order valence-corrected chi connectivity index (χ4v) is 2.77. The van der Waals surface area contributed by atoms with Gasteiger partial charge in [0.1, 0.15) is 6.73 Å². The Morgan fingerprint density at radius 2 is 2.00 bits per heavy atom. The second kappa shape index (κ2) is 5.13. The zero-order valence-electron chi connectivity index (χ0n) is 8.47. The normalized spacial score (nSPS) is 11.4. The average Bonchev–Trinajstić information content (AvgIpc) is 2.14. The Bertz CT molecular complexity index is 433. The Morgan fingerprint density at radius 1 is 1.40 bits per heavy atom. The molecule has 0 saturated heterocycles. The standard InChI is InChI=1S/C9H12INO3S/c1-14-7-11(15(2,12)13)9-6-4-3-5-8(9)10/h3-6H,7H2,1-2H3. The molecule has 0 aliphatic heterocycles. The van der Waals surface area contributed by atoms with Gasteiger partial charge in [-0.2, -0.15) is 0 Å². The zero-order valence-corrected chi connectivity index (χ0v) is 11.4. The van der Waals surface area contributed by atoms with Crippen molar-refractivity contribution in [1.29, 1.82) is 0 Å². The summed E-state index contributed by atoms with van der Waals surface area (Å²) in [4.78, 5) is 0. The molecule has 0 aliphatic carbocycles. The molecule has 6 heteroatoms. The third-order valence-corrected chi connectivity index (χ3v) is 3.78. The van der Waals surface area contributed by atoms with Gasteiger partial charge in [0.05, 0.1) is 11.9 Å². The van der Waals surface area contributed by atoms with Gasteiger partial charge in [0, 0.05) is 10.7 Å². The van der Waals surface area contributed by atoms with Crippen LogP contribution >= 0.6 is 22.6 Å². The summed E-state index contributed by atoms with van der Waals surface area (Å²) < 4.78 is 30.0. The summed E-state index contributed by atoms with van der Waals surface area (Å²) in [5.74, 6) is 0. The van der Waals surface area contributed by atoms with Crippen molar-refractivity contribution in [3.63, 3.8) is 0 Å². The molecule has 1 aromatic rings. The van der Waals surface area contributed by atoms with Crippen LogP contribution in [0.2, 0.25) is 0 Å². The summed E-state index contributed by atoms with van der Waals surface area (Å²) in [6.45, 7) is 0.0266. The summed E-state index contributed by atoms with van der Waals surface area (Å²) in [7, 11) is -1.83. The first-order valence-electron chi connectivity index (χ1n) is 4.18. The van der Waals surface area contributed by atoms with E-state index in [0.717, 1.165) is 9.83 Å². The van der Waals surface area contributed by atoms with Crippen LogP contribution in [0.25, 0.3) is 0 Å². The van der Waals surface area contributed by atoms with E-state index in [9.17, 15) is 8.42 Å². The van der Waals surface area contributed by atoms with Gasteiger partial charge < -0.3 is 4.74 Å². The van der Waals surface area contributed by atoms with Crippen molar-refractivity contribution < 1.29 is 13.2 Å². The molecule has 0 aromatic heterocycles. The maximum absolute atomic E-state index is 11.5. The Kier molecular flexibility index (Phi) is 4.35. The highest BCUT2D eigenvalue weighted by molar-refractivity contribution is 14.1. The molecule has 0 saturated carbocycles. The number of sulfonamides is 1. The quantitative estimate of drug-likeness (QED) is 0.618. The molecule has 1 aromatic carbocycles. The van der Waals surface area contributed by atoms with Crippen molar-refractivity contribution in [2.75, 3.05) is 24.4 Å². The van der Waals surface area contributed by atoms with Gasteiger partial charge in [0.15, 0.2) is 0 Å². The minimum atomic E-state index is -3.30. The van der Waals surface area contributed by atoms with Crippen molar-refractivity contribution >= 4 is 38.3 Å². The van der Waals surface area contributed by atoms with Crippen molar-refractivity contribution in [3.05, 3.63) is 27.8 Å². The van der Waals surface area contributed by atoms with Gasteiger partial charge in [-0.25, -0.2) is 12.7 Å². The van der Waals surface area contributed by atoms with Crippen LogP contribution in [0.15, 0.2) is 24.3 Å². The van der Waals surface area contributed by atoms with Crippen LogP contribution in [-0.4, -0.2) is 28.5 Å². The highest BCUT2D eigenvalue weighted by atomic mass is 127. The van der Waals surface area contributed by atoms with E-state index < -0.39 is 10.0 Å². The number of para-hydroxylation sites is 1. The molecule has 4 nitrogen and oxygen atoms in total. The highest BCUT2D eigenvalue weighted by Gasteiger charge is 2.18. The molecule has 84 valence electrons. The summed E-state index contributed by atoms with van der Waals surface area (Å²) in [5.41, 5.74) is 0.641. The van der Waals surface area contributed by atoms with Gasteiger partial charge in [0.2, 0.25) is 10.0 Å². The first kappa shape index (κ1) is 12.7. The van der Waals surface area contributed by atoms with Crippen LogP contribution in [0.5, 0.6) is 0 Å². The minimum absolute atomic E-state index is 0.0266. The lowest BCUT2D eigenvalue weighted by atomic mass is 10.3. The van der Waals surface area contributed by atoms with E-state index in [0.29, 0.717) is 5.69 Å². The van der Waals surface area contributed by atoms with Crippen molar-refractivity contribution in [2.24, 2.45) is 0 Å². The summed E-state index contributed by atoms with van der Waals surface area (Å²) in [5, 5.41) is 0. The lowest BCUT2D eigenvalue weighted by molar-refractivity contribution is 0.210. The second-order valence-electron chi connectivity index (χ2n) is 2.98. The predicted molar refractivity (Wildman–Crippen MR) is 68.4 cm³/mol. The average molecular weight is 341 g/mol. The van der Waals surface area contributed by atoms with Gasteiger partial charge in [-0.1, -0.05) is 12.1 Å². The van der Waals surface area contributed by atoms with Crippen LogP contribution in [0.1, 0.15) is 0 Å². The molecule has 0 aliphatic rings. The molecule has 0 spiro atoms. The summed E-state index contributed by atoms with van der Waals surface area (Å²) in [6.07, 6.45) is 1.16. The van der Waals surface area contributed by atoms with E-state index in [2.05, 4.69) is 22.6 Å². The molecule has 1 rings (SSSR count). The molecule has 0 amide bonds. The van der Waals surface area contributed by atoms with Crippen LogP contribution in [-0.2, 0) is 14.8 Å². The van der Waals surface area contributed by atoms with Crippen LogP contribution in [0, 0.1) is 3.57 Å². The van der Waals surface area contributed by atoms with Crippen LogP contribution in [0.4, 0.5) is 5.69 Å². The Labute approximate surface area is 103 Å². The molecule has 0 bridgehead atoms. The maximum atomic E-state index is 11.5. The molecule has 0 atom stereocenters. The van der Waals surface area contributed by atoms with Gasteiger partial charge in [-0.15, -0.1) is 0 Å². The topological polar surface area (TPSA) is 46.6 Å². The largest absolute Gasteiger partial charge is 0.363 e. The van der Waals surface area contributed by atoms with Crippen LogP contribution in [0.3, 0.4) is 0 Å². The molecule has 0 fully saturated rings. The number of anilines is 1. The van der Waals surface area contributed by atoms with Crippen molar-refractivity contribution in [2.45, 2.75) is 0 Å². The fourth-order valence-electron chi connectivity index (χ4n) is 1.12. The Morgan fingerprint density at radius 3 is 2.47 bits per heavy atom. The number of methoxy groups -OCH3 is 1. The maximum Gasteiger partial charge on any atom is 0.234 e. The van der Waals surface area contributed by atoms with Gasteiger partial charge in [-0.05, 0) is 34.7 Å². The smallest absolute Gasteiger partial charge is 0.234 e. The Hall–Kier alpha value is -0.340. The van der Waals surface area contributed by atoms with Crippen molar-refractivity contribution in [3.8, 4) is 0 Å². The first-order chi connectivity index (χ1) is 6.96. The molecular weight excluding hydrogens is 329 g/mol. The Balaban J connectivity index is 3.16. The first-order valence-corrected chi connectivity index (χ1v) is 7.10. The van der Waals surface area contributed by atoms with Gasteiger partial charge in [0.25, 0.3) is 0 Å². The van der Waals surface area contributed by atoms with Crippen molar-refractivity contribution in [1.82, 2.24) is 0 Å². The molecule has 0 radical (unpaired) electrons. The SMILES string of the molecule is COCN(c1ccccc1I)S(C)(=O)=O. The number of halogens is 1. The number of rotatable bonds is 4. The summed E-state index contributed by atoms with van der Waals surface area (Å²) in [6, 6.07) is 7.26. The van der Waals surface area contributed by atoms with E-state index in [1.165, 1.54) is 11.4 Å². The third-order valence-electron chi connectivity index (χ3n) is 1.77. The van der Waals surface area contributed by atoms with E-state index in [-0.39, 0.29) is 6.73 Å². The molecular formula is C9H12INO3S. The lowest BCUT2D eigenvalue weighted by Crippen LogP contribution is -2.32. The third kappa shape index (κ3) is 3.32. The van der Waals surface area contributed by atoms with Gasteiger partial charge >= 0.3 is 0 Å². The van der Waals surface area contributed by atoms with E-state index in [4.69, 9.17) is 4.74 Å². The summed E-state index contributed by atoms with van der Waals surface area (Å²) >= 11 is 2.09. The van der Waals surface area contributed by atoms with Crippen LogP contribution < -0.4 is 4.31 Å². The van der Waals surface area contributed by atoms with Gasteiger partial charge in [-0.3, -0.25) is 0 Å². The number of ether oxygens (including phenoxy) is 1.